The van der Waals surface area contributed by atoms with Crippen LogP contribution in [0.5, 0.6) is 0 Å². The number of hydrogen-bond acceptors (Lipinski definition) is 6. The third kappa shape index (κ3) is 4.20. The Kier molecular flexibility index (Phi) is 5.57. The van der Waals surface area contributed by atoms with E-state index in [2.05, 4.69) is 10.3 Å². The van der Waals surface area contributed by atoms with Crippen molar-refractivity contribution in [3.63, 3.8) is 0 Å². The summed E-state index contributed by atoms with van der Waals surface area (Å²) < 4.78 is 0. The van der Waals surface area contributed by atoms with E-state index in [0.717, 1.165) is 11.1 Å². The minimum Gasteiger partial charge on any atom is -0.480 e. The van der Waals surface area contributed by atoms with E-state index < -0.39 is 36.7 Å². The molecule has 2 unspecified atom stereocenters. The molecule has 0 spiro atoms. The highest BCUT2D eigenvalue weighted by molar-refractivity contribution is 6.04. The van der Waals surface area contributed by atoms with E-state index >= 15 is 0 Å². The van der Waals surface area contributed by atoms with Gasteiger partial charge in [0.25, 0.3) is 5.91 Å². The molecule has 2 heterocycles. The molecular formula is C22H23N5O4. The molecule has 1 fully saturated rings. The number of benzene rings is 2. The first-order valence-electron chi connectivity index (χ1n) is 9.90. The molecule has 160 valence electrons. The zero-order chi connectivity index (χ0) is 22.0. The number of guanidine groups is 1. The van der Waals surface area contributed by atoms with Crippen LogP contribution in [-0.4, -0.2) is 69.5 Å². The third-order valence-electron chi connectivity index (χ3n) is 5.36. The van der Waals surface area contributed by atoms with Crippen LogP contribution in [0.3, 0.4) is 0 Å². The fraction of sp³-hybridized carbons (Fsp3) is 0.273. The highest BCUT2D eigenvalue weighted by atomic mass is 16.4. The van der Waals surface area contributed by atoms with E-state index in [1.807, 2.05) is 65.6 Å². The Labute approximate surface area is 179 Å². The van der Waals surface area contributed by atoms with E-state index in [4.69, 9.17) is 0 Å². The molecule has 0 bridgehead atoms. The lowest BCUT2D eigenvalue weighted by Crippen LogP contribution is -2.64. The SMILES string of the molecule is CN1C(=O)NC(=O)C2C1N=C(N(Cc1ccccc1)Cc1ccccc1)N2CC(=O)O. The Morgan fingerprint density at radius 2 is 1.58 bits per heavy atom. The molecule has 2 N–H and O–H groups in total. The maximum absolute atomic E-state index is 12.6. The van der Waals surface area contributed by atoms with Crippen LogP contribution in [0.25, 0.3) is 0 Å². The molecule has 0 aromatic heterocycles. The Bertz CT molecular complexity index is 970. The molecule has 9 heteroatoms. The zero-order valence-electron chi connectivity index (χ0n) is 17.0. The number of carboxylic acids is 1. The summed E-state index contributed by atoms with van der Waals surface area (Å²) in [6.45, 7) is 0.516. The van der Waals surface area contributed by atoms with Gasteiger partial charge in [-0.25, -0.2) is 9.79 Å². The van der Waals surface area contributed by atoms with Crippen molar-refractivity contribution in [2.24, 2.45) is 4.99 Å². The Morgan fingerprint density at radius 3 is 2.10 bits per heavy atom. The van der Waals surface area contributed by atoms with Crippen molar-refractivity contribution in [2.75, 3.05) is 13.6 Å². The van der Waals surface area contributed by atoms with E-state index in [-0.39, 0.29) is 0 Å². The molecule has 9 nitrogen and oxygen atoms in total. The molecule has 1 saturated heterocycles. The molecule has 2 aliphatic rings. The van der Waals surface area contributed by atoms with Crippen LogP contribution in [0, 0.1) is 0 Å². The number of aliphatic carboxylic acids is 1. The first-order chi connectivity index (χ1) is 14.9. The molecule has 2 aromatic rings. The predicted molar refractivity (Wildman–Crippen MR) is 113 cm³/mol. The summed E-state index contributed by atoms with van der Waals surface area (Å²) in [5, 5.41) is 11.8. The number of nitrogens with zero attached hydrogens (tertiary/aromatic N) is 4. The van der Waals surface area contributed by atoms with Crippen molar-refractivity contribution < 1.29 is 19.5 Å². The van der Waals surface area contributed by atoms with Gasteiger partial charge in [-0.3, -0.25) is 14.9 Å². The second kappa shape index (κ2) is 8.47. The quantitative estimate of drug-likeness (QED) is 0.729. The minimum absolute atomic E-state index is 0.377. The number of urea groups is 1. The maximum Gasteiger partial charge on any atom is 0.325 e. The summed E-state index contributed by atoms with van der Waals surface area (Å²) in [5.74, 6) is -1.26. The van der Waals surface area contributed by atoms with Crippen LogP contribution < -0.4 is 5.32 Å². The topological polar surface area (TPSA) is 106 Å². The molecule has 4 rings (SSSR count). The van der Waals surface area contributed by atoms with Crippen LogP contribution in [-0.2, 0) is 22.7 Å². The number of aliphatic imine (C=N–C) groups is 1. The van der Waals surface area contributed by atoms with E-state index in [1.54, 1.807) is 7.05 Å². The Hall–Kier alpha value is -3.88. The van der Waals surface area contributed by atoms with Gasteiger partial charge in [-0.1, -0.05) is 60.7 Å². The van der Waals surface area contributed by atoms with Gasteiger partial charge in [0, 0.05) is 20.1 Å². The summed E-state index contributed by atoms with van der Waals surface area (Å²) in [5.41, 5.74) is 2.03. The second-order valence-corrected chi connectivity index (χ2v) is 7.54. The van der Waals surface area contributed by atoms with Crippen LogP contribution in [0.15, 0.2) is 65.7 Å². The zero-order valence-corrected chi connectivity index (χ0v) is 17.0. The molecule has 0 aliphatic carbocycles. The molecule has 0 radical (unpaired) electrons. The summed E-state index contributed by atoms with van der Waals surface area (Å²) >= 11 is 0. The van der Waals surface area contributed by atoms with Crippen LogP contribution in [0.2, 0.25) is 0 Å². The Morgan fingerprint density at radius 1 is 1.03 bits per heavy atom. The highest BCUT2D eigenvalue weighted by Crippen LogP contribution is 2.27. The number of carbonyl (C=O) groups excluding carboxylic acids is 2. The summed E-state index contributed by atoms with van der Waals surface area (Å²) in [4.78, 5) is 45.8. The van der Waals surface area contributed by atoms with Crippen LogP contribution in [0.1, 0.15) is 11.1 Å². The van der Waals surface area contributed by atoms with E-state index in [9.17, 15) is 19.5 Å². The average molecular weight is 421 g/mol. The molecule has 0 saturated carbocycles. The first kappa shape index (κ1) is 20.4. The van der Waals surface area contributed by atoms with Gasteiger partial charge < -0.3 is 19.8 Å². The van der Waals surface area contributed by atoms with Gasteiger partial charge in [-0.05, 0) is 11.1 Å². The number of imide groups is 1. The number of fused-ring (bicyclic) bond motifs is 1. The van der Waals surface area contributed by atoms with Crippen molar-refractivity contribution in [3.8, 4) is 0 Å². The van der Waals surface area contributed by atoms with Gasteiger partial charge in [0.1, 0.15) is 6.54 Å². The third-order valence-corrected chi connectivity index (χ3v) is 5.36. The number of likely N-dealkylation sites (N-methyl/N-ethyl adjacent to an activating group) is 1. The number of carboxylic acid groups (broad SMARTS) is 1. The highest BCUT2D eigenvalue weighted by Gasteiger charge is 2.50. The van der Waals surface area contributed by atoms with Crippen LogP contribution in [0.4, 0.5) is 4.79 Å². The summed E-state index contributed by atoms with van der Waals surface area (Å²) in [6.07, 6.45) is -0.787. The standard InChI is InChI=1S/C22H23N5O4/c1-25-19-18(20(30)24-22(25)31)27(14-17(28)29)21(23-19)26(12-15-8-4-2-5-9-15)13-16-10-6-3-7-11-16/h2-11,18-19H,12-14H2,1H3,(H,28,29)(H,24,30,31). The normalized spacial score (nSPS) is 20.2. The lowest BCUT2D eigenvalue weighted by atomic mass is 10.1. The van der Waals surface area contributed by atoms with Gasteiger partial charge in [0.2, 0.25) is 5.96 Å². The van der Waals surface area contributed by atoms with Gasteiger partial charge in [-0.2, -0.15) is 0 Å². The molecule has 2 aliphatic heterocycles. The fourth-order valence-corrected chi connectivity index (χ4v) is 3.89. The molecular weight excluding hydrogens is 398 g/mol. The average Bonchev–Trinajstić information content (AvgIpc) is 3.12. The van der Waals surface area contributed by atoms with Crippen molar-refractivity contribution in [2.45, 2.75) is 25.3 Å². The van der Waals surface area contributed by atoms with Gasteiger partial charge in [0.15, 0.2) is 12.2 Å². The monoisotopic (exact) mass is 421 g/mol. The van der Waals surface area contributed by atoms with Gasteiger partial charge in [-0.15, -0.1) is 0 Å². The Balaban J connectivity index is 1.73. The van der Waals surface area contributed by atoms with E-state index in [0.29, 0.717) is 19.0 Å². The lowest BCUT2D eigenvalue weighted by Gasteiger charge is -2.37. The maximum atomic E-state index is 12.6. The number of carbonyl (C=O) groups is 3. The van der Waals surface area contributed by atoms with Crippen molar-refractivity contribution in [1.82, 2.24) is 20.0 Å². The second-order valence-electron chi connectivity index (χ2n) is 7.54. The molecule has 2 atom stereocenters. The largest absolute Gasteiger partial charge is 0.480 e. The number of rotatable bonds is 6. The minimum atomic E-state index is -1.08. The number of amides is 3. The molecule has 3 amide bonds. The predicted octanol–water partition coefficient (Wildman–Crippen LogP) is 1.32. The fourth-order valence-electron chi connectivity index (χ4n) is 3.89. The molecule has 2 aromatic carbocycles. The smallest absolute Gasteiger partial charge is 0.325 e. The number of nitrogens with one attached hydrogen (secondary N) is 1. The lowest BCUT2D eigenvalue weighted by molar-refractivity contribution is -0.138. The number of hydrogen-bond donors (Lipinski definition) is 2. The van der Waals surface area contributed by atoms with E-state index in [1.165, 1.54) is 9.80 Å². The first-order valence-corrected chi connectivity index (χ1v) is 9.90. The summed E-state index contributed by atoms with van der Waals surface area (Å²) in [6, 6.07) is 18.0. The van der Waals surface area contributed by atoms with Crippen LogP contribution >= 0.6 is 0 Å². The van der Waals surface area contributed by atoms with Gasteiger partial charge in [0.05, 0.1) is 0 Å². The summed E-state index contributed by atoms with van der Waals surface area (Å²) in [7, 11) is 1.55. The van der Waals surface area contributed by atoms with Gasteiger partial charge >= 0.3 is 12.0 Å². The van der Waals surface area contributed by atoms with Crippen molar-refractivity contribution >= 4 is 23.9 Å². The van der Waals surface area contributed by atoms with Crippen molar-refractivity contribution in [1.29, 1.82) is 0 Å². The molecule has 31 heavy (non-hydrogen) atoms. The van der Waals surface area contributed by atoms with Crippen molar-refractivity contribution in [3.05, 3.63) is 71.8 Å².